The van der Waals surface area contributed by atoms with Crippen LogP contribution in [0.1, 0.15) is 55.3 Å². The molecule has 0 amide bonds. The Morgan fingerprint density at radius 3 is 2.53 bits per heavy atom. The van der Waals surface area contributed by atoms with E-state index in [9.17, 15) is 0 Å². The first-order chi connectivity index (χ1) is 9.06. The number of nitrogens with zero attached hydrogens (tertiary/aromatic N) is 2. The normalized spacial score (nSPS) is 12.7. The topological polar surface area (TPSA) is 25.8 Å². The van der Waals surface area contributed by atoms with E-state index in [1.165, 1.54) is 11.3 Å². The van der Waals surface area contributed by atoms with Gasteiger partial charge in [0.25, 0.3) is 0 Å². The first kappa shape index (κ1) is 13.7. The second-order valence-electron chi connectivity index (χ2n) is 5.57. The van der Waals surface area contributed by atoms with Crippen molar-refractivity contribution in [1.29, 1.82) is 0 Å². The molecule has 2 heterocycles. The maximum absolute atomic E-state index is 4.73. The van der Waals surface area contributed by atoms with E-state index >= 15 is 0 Å². The van der Waals surface area contributed by atoms with E-state index in [-0.39, 0.29) is 0 Å². The molecule has 0 saturated heterocycles. The highest BCUT2D eigenvalue weighted by Gasteiger charge is 2.10. The molecule has 0 aliphatic carbocycles. The van der Waals surface area contributed by atoms with Gasteiger partial charge in [-0.25, -0.2) is 0 Å². The van der Waals surface area contributed by atoms with Gasteiger partial charge in [0.15, 0.2) is 0 Å². The van der Waals surface area contributed by atoms with Crippen LogP contribution >= 0.6 is 0 Å². The Hall–Kier alpha value is -1.70. The minimum absolute atomic E-state index is 0.398. The van der Waals surface area contributed by atoms with Crippen LogP contribution in [0.3, 0.4) is 0 Å². The lowest BCUT2D eigenvalue weighted by atomic mass is 9.99. The van der Waals surface area contributed by atoms with Crippen molar-refractivity contribution < 1.29 is 0 Å². The molecule has 1 atom stereocenters. The summed E-state index contributed by atoms with van der Waals surface area (Å²) < 4.78 is 0. The molecule has 0 spiro atoms. The molecule has 0 aliphatic rings. The van der Waals surface area contributed by atoms with Crippen LogP contribution in [0, 0.1) is 6.92 Å². The molecular weight excluding hydrogens is 232 g/mol. The van der Waals surface area contributed by atoms with E-state index in [1.807, 2.05) is 12.3 Å². The Labute approximate surface area is 115 Å². The minimum atomic E-state index is 0.398. The quantitative estimate of drug-likeness (QED) is 0.815. The van der Waals surface area contributed by atoms with Gasteiger partial charge in [0.1, 0.15) is 0 Å². The van der Waals surface area contributed by atoms with Gasteiger partial charge in [-0.3, -0.25) is 9.97 Å². The van der Waals surface area contributed by atoms with Gasteiger partial charge >= 0.3 is 0 Å². The molecule has 0 fully saturated rings. The summed E-state index contributed by atoms with van der Waals surface area (Å²) in [5.41, 5.74) is 4.74. The third kappa shape index (κ3) is 3.63. The van der Waals surface area contributed by atoms with Crippen molar-refractivity contribution in [1.82, 2.24) is 9.97 Å². The number of aryl methyl sites for hydroxylation is 1. The SMILES string of the molecule is Cc1ccnc(C(C)Cc2cccc(C(C)C)n2)c1. The van der Waals surface area contributed by atoms with E-state index < -0.39 is 0 Å². The number of pyridine rings is 2. The molecule has 2 rings (SSSR count). The standard InChI is InChI=1S/C17H22N2/c1-12(2)16-7-5-6-15(19-16)11-14(4)17-10-13(3)8-9-18-17/h5-10,12,14H,11H2,1-4H3. The van der Waals surface area contributed by atoms with Crippen molar-refractivity contribution in [2.75, 3.05) is 0 Å². The Balaban J connectivity index is 2.14. The fourth-order valence-corrected chi connectivity index (χ4v) is 2.18. The second kappa shape index (κ2) is 5.96. The summed E-state index contributed by atoms with van der Waals surface area (Å²) in [5.74, 6) is 0.877. The van der Waals surface area contributed by atoms with Crippen molar-refractivity contribution in [3.8, 4) is 0 Å². The summed E-state index contributed by atoms with van der Waals surface area (Å²) in [6.45, 7) is 8.68. The van der Waals surface area contributed by atoms with Crippen LogP contribution in [0.4, 0.5) is 0 Å². The smallest absolute Gasteiger partial charge is 0.0438 e. The predicted octanol–water partition coefficient (Wildman–Crippen LogP) is 4.25. The Kier molecular flexibility index (Phi) is 4.31. The fourth-order valence-electron chi connectivity index (χ4n) is 2.18. The molecule has 0 bridgehead atoms. The van der Waals surface area contributed by atoms with Gasteiger partial charge in [-0.1, -0.05) is 26.8 Å². The average Bonchev–Trinajstić information content (AvgIpc) is 2.39. The van der Waals surface area contributed by atoms with Gasteiger partial charge in [-0.2, -0.15) is 0 Å². The van der Waals surface area contributed by atoms with Crippen LogP contribution in [0.15, 0.2) is 36.5 Å². The summed E-state index contributed by atoms with van der Waals surface area (Å²) in [4.78, 5) is 9.20. The van der Waals surface area contributed by atoms with Gasteiger partial charge in [0.05, 0.1) is 0 Å². The van der Waals surface area contributed by atoms with Crippen LogP contribution in [0.5, 0.6) is 0 Å². The highest BCUT2D eigenvalue weighted by Crippen LogP contribution is 2.19. The van der Waals surface area contributed by atoms with E-state index in [0.29, 0.717) is 11.8 Å². The van der Waals surface area contributed by atoms with Crippen LogP contribution in [-0.4, -0.2) is 9.97 Å². The molecule has 0 N–H and O–H groups in total. The van der Waals surface area contributed by atoms with Crippen molar-refractivity contribution in [2.24, 2.45) is 0 Å². The van der Waals surface area contributed by atoms with E-state index in [4.69, 9.17) is 4.98 Å². The van der Waals surface area contributed by atoms with Crippen molar-refractivity contribution in [3.63, 3.8) is 0 Å². The number of aromatic nitrogens is 2. The number of hydrogen-bond donors (Lipinski definition) is 0. The highest BCUT2D eigenvalue weighted by molar-refractivity contribution is 5.20. The molecule has 2 aromatic rings. The Morgan fingerprint density at radius 2 is 1.84 bits per heavy atom. The molecule has 1 unspecified atom stereocenters. The van der Waals surface area contributed by atoms with E-state index in [2.05, 4.69) is 56.9 Å². The van der Waals surface area contributed by atoms with Crippen LogP contribution < -0.4 is 0 Å². The van der Waals surface area contributed by atoms with E-state index in [1.54, 1.807) is 0 Å². The van der Waals surface area contributed by atoms with Crippen LogP contribution in [0.2, 0.25) is 0 Å². The maximum atomic E-state index is 4.73. The first-order valence-electron chi connectivity index (χ1n) is 6.94. The summed E-state index contributed by atoms with van der Waals surface area (Å²) in [6, 6.07) is 10.5. The molecule has 2 nitrogen and oxygen atoms in total. The molecule has 0 aromatic carbocycles. The predicted molar refractivity (Wildman–Crippen MR) is 79.4 cm³/mol. The average molecular weight is 254 g/mol. The van der Waals surface area contributed by atoms with Crippen molar-refractivity contribution in [3.05, 3.63) is 59.2 Å². The van der Waals surface area contributed by atoms with Crippen molar-refractivity contribution >= 4 is 0 Å². The molecule has 2 heteroatoms. The highest BCUT2D eigenvalue weighted by atomic mass is 14.7. The molecule has 2 aromatic heterocycles. The van der Waals surface area contributed by atoms with Gasteiger partial charge in [0.2, 0.25) is 0 Å². The molecule has 0 aliphatic heterocycles. The molecule has 19 heavy (non-hydrogen) atoms. The zero-order valence-corrected chi connectivity index (χ0v) is 12.2. The zero-order chi connectivity index (χ0) is 13.8. The van der Waals surface area contributed by atoms with Gasteiger partial charge in [0, 0.05) is 29.2 Å². The van der Waals surface area contributed by atoms with E-state index in [0.717, 1.165) is 17.8 Å². The van der Waals surface area contributed by atoms with Crippen LogP contribution in [-0.2, 0) is 6.42 Å². The lowest BCUT2D eigenvalue weighted by molar-refractivity contribution is 0.703. The lowest BCUT2D eigenvalue weighted by Gasteiger charge is -2.12. The summed E-state index contributed by atoms with van der Waals surface area (Å²) in [7, 11) is 0. The van der Waals surface area contributed by atoms with Gasteiger partial charge in [-0.05, 0) is 49.1 Å². The summed E-state index contributed by atoms with van der Waals surface area (Å²) in [6.07, 6.45) is 2.83. The van der Waals surface area contributed by atoms with Crippen molar-refractivity contribution in [2.45, 2.75) is 46.0 Å². The molecule has 0 radical (unpaired) electrons. The second-order valence-corrected chi connectivity index (χ2v) is 5.57. The Morgan fingerprint density at radius 1 is 1.05 bits per heavy atom. The zero-order valence-electron chi connectivity index (χ0n) is 12.2. The molecular formula is C17H22N2. The van der Waals surface area contributed by atoms with Gasteiger partial charge in [-0.15, -0.1) is 0 Å². The summed E-state index contributed by atoms with van der Waals surface area (Å²) >= 11 is 0. The minimum Gasteiger partial charge on any atom is -0.261 e. The first-order valence-corrected chi connectivity index (χ1v) is 6.94. The maximum Gasteiger partial charge on any atom is 0.0438 e. The third-order valence-corrected chi connectivity index (χ3v) is 3.38. The molecule has 0 saturated carbocycles. The third-order valence-electron chi connectivity index (χ3n) is 3.38. The summed E-state index contributed by atoms with van der Waals surface area (Å²) in [5, 5.41) is 0. The lowest BCUT2D eigenvalue weighted by Crippen LogP contribution is -2.04. The monoisotopic (exact) mass is 254 g/mol. The number of rotatable bonds is 4. The largest absolute Gasteiger partial charge is 0.261 e. The van der Waals surface area contributed by atoms with Crippen LogP contribution in [0.25, 0.3) is 0 Å². The Bertz CT molecular complexity index is 546. The molecule has 100 valence electrons. The number of hydrogen-bond acceptors (Lipinski definition) is 2. The fraction of sp³-hybridized carbons (Fsp3) is 0.412. The van der Waals surface area contributed by atoms with Gasteiger partial charge < -0.3 is 0 Å².